The quantitative estimate of drug-likeness (QED) is 0.727. The summed E-state index contributed by atoms with van der Waals surface area (Å²) < 4.78 is 0. The zero-order chi connectivity index (χ0) is 15.0. The topological polar surface area (TPSA) is 75.6 Å². The minimum atomic E-state index is 0.503. The Morgan fingerprint density at radius 3 is 2.36 bits per heavy atom. The number of hydrogen-bond acceptors (Lipinski definition) is 6. The van der Waals surface area contributed by atoms with Crippen LogP contribution in [0.3, 0.4) is 0 Å². The average molecular weight is 292 g/mol. The number of anilines is 2. The Labute approximate surface area is 128 Å². The molecule has 0 fully saturated rings. The van der Waals surface area contributed by atoms with Crippen LogP contribution in [0.25, 0.3) is 0 Å². The molecule has 6 nitrogen and oxygen atoms in total. The lowest BCUT2D eigenvalue weighted by Gasteiger charge is -2.07. The van der Waals surface area contributed by atoms with Gasteiger partial charge in [-0.05, 0) is 23.3 Å². The first kappa shape index (κ1) is 13.9. The molecule has 2 aromatic heterocycles. The molecule has 6 heteroatoms. The maximum absolute atomic E-state index is 4.39. The van der Waals surface area contributed by atoms with E-state index >= 15 is 0 Å². The molecule has 22 heavy (non-hydrogen) atoms. The molecule has 0 spiro atoms. The summed E-state index contributed by atoms with van der Waals surface area (Å²) in [5, 5.41) is 14.3. The second-order valence-electron chi connectivity index (χ2n) is 4.71. The van der Waals surface area contributed by atoms with E-state index in [0.717, 1.165) is 5.56 Å². The number of aromatic nitrogens is 4. The minimum absolute atomic E-state index is 0.503. The zero-order valence-electron chi connectivity index (χ0n) is 12.0. The van der Waals surface area contributed by atoms with Gasteiger partial charge in [0.05, 0.1) is 6.20 Å². The second-order valence-corrected chi connectivity index (χ2v) is 4.71. The molecule has 2 heterocycles. The van der Waals surface area contributed by atoms with Crippen LogP contribution in [0.4, 0.5) is 11.8 Å². The third-order valence-electron chi connectivity index (χ3n) is 3.08. The van der Waals surface area contributed by atoms with Crippen LogP contribution >= 0.6 is 0 Å². The molecule has 3 rings (SSSR count). The van der Waals surface area contributed by atoms with E-state index in [2.05, 4.69) is 30.8 Å². The van der Waals surface area contributed by atoms with Crippen molar-refractivity contribution in [2.45, 2.75) is 13.1 Å². The van der Waals surface area contributed by atoms with Crippen molar-refractivity contribution in [3.8, 4) is 0 Å². The predicted molar refractivity (Wildman–Crippen MR) is 85.2 cm³/mol. The lowest BCUT2D eigenvalue weighted by Crippen LogP contribution is -2.08. The van der Waals surface area contributed by atoms with Crippen molar-refractivity contribution in [3.05, 3.63) is 72.2 Å². The van der Waals surface area contributed by atoms with E-state index in [0.29, 0.717) is 24.9 Å². The molecule has 3 aromatic rings. The SMILES string of the molecule is c1ccc(CNc2nncc(NCc3ccncc3)n2)cc1. The van der Waals surface area contributed by atoms with E-state index in [-0.39, 0.29) is 0 Å². The Kier molecular flexibility index (Phi) is 4.51. The molecule has 0 aliphatic heterocycles. The molecule has 0 atom stereocenters. The van der Waals surface area contributed by atoms with Crippen molar-refractivity contribution in [2.75, 3.05) is 10.6 Å². The lowest BCUT2D eigenvalue weighted by molar-refractivity contribution is 0.937. The molecule has 0 bridgehead atoms. The van der Waals surface area contributed by atoms with E-state index < -0.39 is 0 Å². The molecule has 0 saturated heterocycles. The fourth-order valence-corrected chi connectivity index (χ4v) is 1.93. The Hall–Kier alpha value is -3.02. The van der Waals surface area contributed by atoms with Gasteiger partial charge in [-0.2, -0.15) is 10.1 Å². The number of benzene rings is 1. The molecular formula is C16H16N6. The number of nitrogens with zero attached hydrogens (tertiary/aromatic N) is 4. The fourth-order valence-electron chi connectivity index (χ4n) is 1.93. The maximum atomic E-state index is 4.39. The fraction of sp³-hybridized carbons (Fsp3) is 0.125. The molecule has 0 radical (unpaired) electrons. The first-order valence-corrected chi connectivity index (χ1v) is 7.00. The van der Waals surface area contributed by atoms with Gasteiger partial charge in [-0.1, -0.05) is 30.3 Å². The van der Waals surface area contributed by atoms with Crippen molar-refractivity contribution in [2.24, 2.45) is 0 Å². The van der Waals surface area contributed by atoms with E-state index in [4.69, 9.17) is 0 Å². The first-order valence-electron chi connectivity index (χ1n) is 7.00. The zero-order valence-corrected chi connectivity index (χ0v) is 12.0. The predicted octanol–water partition coefficient (Wildman–Crippen LogP) is 2.49. The maximum Gasteiger partial charge on any atom is 0.244 e. The van der Waals surface area contributed by atoms with Crippen molar-refractivity contribution in [1.82, 2.24) is 20.2 Å². The Balaban J connectivity index is 1.58. The standard InChI is InChI=1S/C16H16N6/c1-2-4-13(5-3-1)11-19-16-21-15(12-20-22-16)18-10-14-6-8-17-9-7-14/h1-9,12H,10-11H2,(H2,18,19,21,22). The van der Waals surface area contributed by atoms with Gasteiger partial charge in [-0.15, -0.1) is 5.10 Å². The van der Waals surface area contributed by atoms with Crippen LogP contribution in [-0.4, -0.2) is 20.2 Å². The van der Waals surface area contributed by atoms with E-state index in [1.165, 1.54) is 5.56 Å². The highest BCUT2D eigenvalue weighted by molar-refractivity contribution is 5.38. The van der Waals surface area contributed by atoms with Crippen molar-refractivity contribution in [3.63, 3.8) is 0 Å². The summed E-state index contributed by atoms with van der Waals surface area (Å²) in [6, 6.07) is 14.0. The van der Waals surface area contributed by atoms with Crippen LogP contribution in [0.2, 0.25) is 0 Å². The van der Waals surface area contributed by atoms with Crippen LogP contribution in [-0.2, 0) is 13.1 Å². The summed E-state index contributed by atoms with van der Waals surface area (Å²) in [6.07, 6.45) is 5.14. The van der Waals surface area contributed by atoms with Gasteiger partial charge >= 0.3 is 0 Å². The summed E-state index contributed by atoms with van der Waals surface area (Å²) in [7, 11) is 0. The molecule has 1 aromatic carbocycles. The monoisotopic (exact) mass is 292 g/mol. The lowest BCUT2D eigenvalue weighted by atomic mass is 10.2. The first-order chi connectivity index (χ1) is 10.9. The summed E-state index contributed by atoms with van der Waals surface area (Å²) >= 11 is 0. The van der Waals surface area contributed by atoms with Crippen LogP contribution < -0.4 is 10.6 Å². The summed E-state index contributed by atoms with van der Waals surface area (Å²) in [5.41, 5.74) is 2.30. The molecule has 110 valence electrons. The van der Waals surface area contributed by atoms with Gasteiger partial charge in [-0.25, -0.2) is 0 Å². The van der Waals surface area contributed by atoms with Crippen LogP contribution in [0.5, 0.6) is 0 Å². The number of rotatable bonds is 6. The average Bonchev–Trinajstić information content (AvgIpc) is 2.60. The minimum Gasteiger partial charge on any atom is -0.365 e. The van der Waals surface area contributed by atoms with Gasteiger partial charge in [0.2, 0.25) is 5.95 Å². The molecule has 0 saturated carbocycles. The van der Waals surface area contributed by atoms with E-state index in [9.17, 15) is 0 Å². The summed E-state index contributed by atoms with van der Waals surface area (Å²) in [6.45, 7) is 1.33. The third-order valence-corrected chi connectivity index (χ3v) is 3.08. The molecule has 0 aliphatic carbocycles. The van der Waals surface area contributed by atoms with Crippen molar-refractivity contribution >= 4 is 11.8 Å². The summed E-state index contributed by atoms with van der Waals surface area (Å²) in [5.74, 6) is 1.19. The highest BCUT2D eigenvalue weighted by Crippen LogP contribution is 2.08. The molecule has 0 aliphatic rings. The second kappa shape index (κ2) is 7.12. The largest absolute Gasteiger partial charge is 0.365 e. The Morgan fingerprint density at radius 2 is 1.55 bits per heavy atom. The van der Waals surface area contributed by atoms with Crippen molar-refractivity contribution in [1.29, 1.82) is 0 Å². The smallest absolute Gasteiger partial charge is 0.244 e. The Morgan fingerprint density at radius 1 is 0.818 bits per heavy atom. The third kappa shape index (κ3) is 3.99. The molecular weight excluding hydrogens is 276 g/mol. The summed E-state index contributed by atoms with van der Waals surface area (Å²) in [4.78, 5) is 8.38. The number of hydrogen-bond donors (Lipinski definition) is 2. The highest BCUT2D eigenvalue weighted by atomic mass is 15.3. The number of pyridine rings is 1. The number of nitrogens with one attached hydrogen (secondary N) is 2. The van der Waals surface area contributed by atoms with Crippen LogP contribution in [0, 0.1) is 0 Å². The molecule has 0 unspecified atom stereocenters. The van der Waals surface area contributed by atoms with E-state index in [1.54, 1.807) is 18.6 Å². The molecule has 2 N–H and O–H groups in total. The van der Waals surface area contributed by atoms with Crippen LogP contribution in [0.15, 0.2) is 61.1 Å². The van der Waals surface area contributed by atoms with Crippen LogP contribution in [0.1, 0.15) is 11.1 Å². The normalized spacial score (nSPS) is 10.2. The van der Waals surface area contributed by atoms with Gasteiger partial charge in [-0.3, -0.25) is 4.98 Å². The van der Waals surface area contributed by atoms with Gasteiger partial charge in [0.15, 0.2) is 5.82 Å². The van der Waals surface area contributed by atoms with Gasteiger partial charge in [0.25, 0.3) is 0 Å². The van der Waals surface area contributed by atoms with Gasteiger partial charge in [0.1, 0.15) is 0 Å². The van der Waals surface area contributed by atoms with Crippen molar-refractivity contribution < 1.29 is 0 Å². The van der Waals surface area contributed by atoms with Gasteiger partial charge < -0.3 is 10.6 Å². The molecule has 0 amide bonds. The Bertz CT molecular complexity index is 643. The van der Waals surface area contributed by atoms with E-state index in [1.807, 2.05) is 42.5 Å². The highest BCUT2D eigenvalue weighted by Gasteiger charge is 2.01. The van der Waals surface area contributed by atoms with Gasteiger partial charge in [0, 0.05) is 25.5 Å².